The van der Waals surface area contributed by atoms with Crippen LogP contribution >= 0.6 is 0 Å². The molecule has 4 rings (SSSR count). The van der Waals surface area contributed by atoms with Crippen LogP contribution in [0.5, 0.6) is 0 Å². The fourth-order valence-electron chi connectivity index (χ4n) is 3.73. The third-order valence-electron chi connectivity index (χ3n) is 5.52. The second-order valence-corrected chi connectivity index (χ2v) is 7.65. The summed E-state index contributed by atoms with van der Waals surface area (Å²) in [5.41, 5.74) is 4.09. The smallest absolute Gasteiger partial charge is 0.328 e. The summed E-state index contributed by atoms with van der Waals surface area (Å²) in [4.78, 5) is 31.5. The zero-order valence-electron chi connectivity index (χ0n) is 17.6. The van der Waals surface area contributed by atoms with Crippen molar-refractivity contribution in [3.8, 4) is 0 Å². The van der Waals surface area contributed by atoms with Gasteiger partial charge in [-0.25, -0.2) is 4.79 Å². The van der Waals surface area contributed by atoms with Crippen LogP contribution in [0.15, 0.2) is 60.9 Å². The van der Waals surface area contributed by atoms with E-state index in [0.29, 0.717) is 13.0 Å². The summed E-state index contributed by atoms with van der Waals surface area (Å²) in [6.45, 7) is 2.32. The number of fused-ring (bicyclic) bond motifs is 2. The molecule has 2 aromatic carbocycles. The number of hydrogen-bond donors (Lipinski definition) is 4. The molecule has 0 saturated carbocycles. The topological polar surface area (TPSA) is 99.0 Å². The standard InChI is InChI=1S/C24H26N4O3/c1-15(26-13-16-7-8-20-17(11-16)9-10-25-20)23(29)28-22(24(30)31-2)12-18-14-27-21-6-4-3-5-19(18)21/h3-11,14-15,22,25-27H,12-13H2,1-2H3,(H,28,29)/t15-,22-/m1/s1. The Balaban J connectivity index is 1.39. The van der Waals surface area contributed by atoms with Crippen molar-refractivity contribution in [2.24, 2.45) is 0 Å². The molecule has 4 aromatic rings. The van der Waals surface area contributed by atoms with Gasteiger partial charge in [-0.05, 0) is 47.7 Å². The molecular weight excluding hydrogens is 392 g/mol. The number of rotatable bonds is 8. The molecule has 160 valence electrons. The van der Waals surface area contributed by atoms with Crippen molar-refractivity contribution in [2.45, 2.75) is 32.0 Å². The Morgan fingerprint density at radius 2 is 1.90 bits per heavy atom. The van der Waals surface area contributed by atoms with Gasteiger partial charge in [-0.1, -0.05) is 24.3 Å². The number of amides is 1. The summed E-state index contributed by atoms with van der Waals surface area (Å²) in [6, 6.07) is 14.7. The number of hydrogen-bond acceptors (Lipinski definition) is 4. The number of H-pyrrole nitrogens is 2. The minimum Gasteiger partial charge on any atom is -0.467 e. The molecule has 2 atom stereocenters. The molecule has 0 aliphatic heterocycles. The van der Waals surface area contributed by atoms with Crippen molar-refractivity contribution >= 4 is 33.7 Å². The van der Waals surface area contributed by atoms with Crippen LogP contribution in [0, 0.1) is 0 Å². The molecule has 31 heavy (non-hydrogen) atoms. The van der Waals surface area contributed by atoms with Gasteiger partial charge in [0.25, 0.3) is 0 Å². The summed E-state index contributed by atoms with van der Waals surface area (Å²) in [5, 5.41) is 8.21. The lowest BCUT2D eigenvalue weighted by Crippen LogP contribution is -2.50. The fraction of sp³-hybridized carbons (Fsp3) is 0.250. The summed E-state index contributed by atoms with van der Waals surface area (Å²) >= 11 is 0. The van der Waals surface area contributed by atoms with Gasteiger partial charge < -0.3 is 25.3 Å². The lowest BCUT2D eigenvalue weighted by atomic mass is 10.0. The Kier molecular flexibility index (Phi) is 6.04. The third-order valence-corrected chi connectivity index (χ3v) is 5.52. The van der Waals surface area contributed by atoms with Gasteiger partial charge in [0.15, 0.2) is 0 Å². The Hall–Kier alpha value is -3.58. The van der Waals surface area contributed by atoms with Crippen LogP contribution in [0.1, 0.15) is 18.1 Å². The molecule has 0 spiro atoms. The van der Waals surface area contributed by atoms with E-state index in [9.17, 15) is 9.59 Å². The number of para-hydroxylation sites is 1. The van der Waals surface area contributed by atoms with Crippen LogP contribution in [-0.2, 0) is 27.3 Å². The van der Waals surface area contributed by atoms with Crippen molar-refractivity contribution < 1.29 is 14.3 Å². The molecule has 7 nitrogen and oxygen atoms in total. The first kappa shape index (κ1) is 20.7. The summed E-state index contributed by atoms with van der Waals surface area (Å²) in [6.07, 6.45) is 4.11. The normalized spacial score (nSPS) is 13.2. The summed E-state index contributed by atoms with van der Waals surface area (Å²) in [5.74, 6) is -0.721. The average molecular weight is 418 g/mol. The number of esters is 1. The van der Waals surface area contributed by atoms with Crippen LogP contribution in [0.25, 0.3) is 21.8 Å². The van der Waals surface area contributed by atoms with Crippen LogP contribution in [-0.4, -0.2) is 41.0 Å². The molecule has 2 heterocycles. The maximum Gasteiger partial charge on any atom is 0.328 e. The lowest BCUT2D eigenvalue weighted by molar-refractivity contribution is -0.145. The van der Waals surface area contributed by atoms with Gasteiger partial charge in [-0.3, -0.25) is 4.79 Å². The monoisotopic (exact) mass is 418 g/mol. The van der Waals surface area contributed by atoms with Gasteiger partial charge in [0.2, 0.25) is 5.91 Å². The highest BCUT2D eigenvalue weighted by molar-refractivity contribution is 5.89. The first-order chi connectivity index (χ1) is 15.0. The van der Waals surface area contributed by atoms with E-state index in [1.807, 2.05) is 54.9 Å². The van der Waals surface area contributed by atoms with E-state index in [1.165, 1.54) is 7.11 Å². The zero-order valence-corrected chi connectivity index (χ0v) is 17.6. The van der Waals surface area contributed by atoms with Gasteiger partial charge >= 0.3 is 5.97 Å². The summed E-state index contributed by atoms with van der Waals surface area (Å²) < 4.78 is 4.93. The van der Waals surface area contributed by atoms with Gasteiger partial charge in [0.05, 0.1) is 13.2 Å². The largest absolute Gasteiger partial charge is 0.467 e. The number of nitrogens with one attached hydrogen (secondary N) is 4. The molecule has 0 unspecified atom stereocenters. The SMILES string of the molecule is COC(=O)[C@@H](Cc1c[nH]c2ccccc12)NC(=O)[C@@H](C)NCc1ccc2[nH]ccc2c1. The van der Waals surface area contributed by atoms with E-state index in [2.05, 4.69) is 26.7 Å². The molecule has 0 radical (unpaired) electrons. The number of benzene rings is 2. The van der Waals surface area contributed by atoms with E-state index >= 15 is 0 Å². The van der Waals surface area contributed by atoms with Crippen LogP contribution in [0.2, 0.25) is 0 Å². The second kappa shape index (κ2) is 9.06. The average Bonchev–Trinajstić information content (AvgIpc) is 3.43. The minimum absolute atomic E-state index is 0.252. The number of aromatic nitrogens is 2. The van der Waals surface area contributed by atoms with E-state index in [4.69, 9.17) is 4.74 Å². The second-order valence-electron chi connectivity index (χ2n) is 7.65. The molecule has 0 bridgehead atoms. The highest BCUT2D eigenvalue weighted by Gasteiger charge is 2.25. The number of carbonyl (C=O) groups is 2. The maximum atomic E-state index is 12.8. The van der Waals surface area contributed by atoms with Crippen molar-refractivity contribution in [2.75, 3.05) is 7.11 Å². The molecule has 1 amide bonds. The number of aromatic amines is 2. The first-order valence-corrected chi connectivity index (χ1v) is 10.3. The van der Waals surface area contributed by atoms with Gasteiger partial charge in [-0.15, -0.1) is 0 Å². The quantitative estimate of drug-likeness (QED) is 0.331. The Bertz CT molecular complexity index is 1210. The Morgan fingerprint density at radius 1 is 1.06 bits per heavy atom. The molecule has 7 heteroatoms. The molecule has 0 saturated heterocycles. The maximum absolute atomic E-state index is 12.8. The van der Waals surface area contributed by atoms with E-state index in [0.717, 1.165) is 32.9 Å². The highest BCUT2D eigenvalue weighted by atomic mass is 16.5. The van der Waals surface area contributed by atoms with Crippen LogP contribution in [0.3, 0.4) is 0 Å². The molecular formula is C24H26N4O3. The molecule has 0 fully saturated rings. The van der Waals surface area contributed by atoms with Gasteiger partial charge in [-0.2, -0.15) is 0 Å². The Morgan fingerprint density at radius 3 is 2.74 bits per heavy atom. The van der Waals surface area contributed by atoms with Crippen molar-refractivity contribution in [3.05, 3.63) is 72.1 Å². The van der Waals surface area contributed by atoms with Gasteiger partial charge in [0.1, 0.15) is 6.04 Å². The predicted octanol–water partition coefficient (Wildman–Crippen LogP) is 3.03. The van der Waals surface area contributed by atoms with Crippen molar-refractivity contribution in [1.29, 1.82) is 0 Å². The van der Waals surface area contributed by atoms with E-state index in [-0.39, 0.29) is 5.91 Å². The molecule has 2 aromatic heterocycles. The lowest BCUT2D eigenvalue weighted by Gasteiger charge is -2.20. The molecule has 0 aliphatic carbocycles. The molecule has 0 aliphatic rings. The fourth-order valence-corrected chi connectivity index (χ4v) is 3.73. The zero-order chi connectivity index (χ0) is 21.8. The van der Waals surface area contributed by atoms with E-state index in [1.54, 1.807) is 6.92 Å². The number of carbonyl (C=O) groups excluding carboxylic acids is 2. The first-order valence-electron chi connectivity index (χ1n) is 10.3. The van der Waals surface area contributed by atoms with Crippen LogP contribution in [0.4, 0.5) is 0 Å². The predicted molar refractivity (Wildman–Crippen MR) is 121 cm³/mol. The van der Waals surface area contributed by atoms with E-state index < -0.39 is 18.1 Å². The Labute approximate surface area is 180 Å². The van der Waals surface area contributed by atoms with Crippen molar-refractivity contribution in [1.82, 2.24) is 20.6 Å². The number of ether oxygens (including phenoxy) is 1. The summed E-state index contributed by atoms with van der Waals surface area (Å²) in [7, 11) is 1.33. The number of methoxy groups -OCH3 is 1. The van der Waals surface area contributed by atoms with Gasteiger partial charge in [0, 0.05) is 41.8 Å². The molecule has 4 N–H and O–H groups in total. The van der Waals surface area contributed by atoms with Crippen LogP contribution < -0.4 is 10.6 Å². The van der Waals surface area contributed by atoms with Crippen molar-refractivity contribution in [3.63, 3.8) is 0 Å². The third kappa shape index (κ3) is 4.62. The highest BCUT2D eigenvalue weighted by Crippen LogP contribution is 2.19. The minimum atomic E-state index is -0.767.